The van der Waals surface area contributed by atoms with Gasteiger partial charge in [0.1, 0.15) is 11.3 Å². The predicted molar refractivity (Wildman–Crippen MR) is 87.3 cm³/mol. The van der Waals surface area contributed by atoms with E-state index in [0.717, 1.165) is 29.6 Å². The summed E-state index contributed by atoms with van der Waals surface area (Å²) in [6.45, 7) is 1.28. The normalized spacial score (nSPS) is 16.4. The van der Waals surface area contributed by atoms with E-state index in [1.165, 1.54) is 6.92 Å². The van der Waals surface area contributed by atoms with Crippen molar-refractivity contribution in [1.82, 2.24) is 10.0 Å². The Bertz CT molecular complexity index is 775. The summed E-state index contributed by atoms with van der Waals surface area (Å²) in [4.78, 5) is 12.1. The number of hydrogen-bond acceptors (Lipinski definition) is 4. The van der Waals surface area contributed by atoms with Gasteiger partial charge in [-0.3, -0.25) is 4.79 Å². The van der Waals surface area contributed by atoms with Crippen LogP contribution >= 0.6 is 0 Å². The molecule has 1 atom stereocenters. The molecule has 0 saturated heterocycles. The molecule has 3 rings (SSSR count). The first kappa shape index (κ1) is 16.0. The number of fused-ring (bicyclic) bond motifs is 1. The molecule has 1 fully saturated rings. The third kappa shape index (κ3) is 3.92. The summed E-state index contributed by atoms with van der Waals surface area (Å²) < 4.78 is 31.0. The Balaban J connectivity index is 1.71. The molecular weight excluding hydrogens is 316 g/mol. The highest BCUT2D eigenvalue weighted by Gasteiger charge is 2.35. The summed E-state index contributed by atoms with van der Waals surface area (Å²) in [7, 11) is -3.37. The van der Waals surface area contributed by atoms with E-state index in [4.69, 9.17) is 4.42 Å². The van der Waals surface area contributed by atoms with E-state index in [0.29, 0.717) is 5.92 Å². The van der Waals surface area contributed by atoms with Gasteiger partial charge in [0.2, 0.25) is 15.9 Å². The van der Waals surface area contributed by atoms with E-state index in [-0.39, 0.29) is 24.2 Å². The lowest BCUT2D eigenvalue weighted by molar-refractivity contribution is -0.121. The lowest BCUT2D eigenvalue weighted by Gasteiger charge is -2.16. The van der Waals surface area contributed by atoms with Gasteiger partial charge in [-0.25, -0.2) is 13.1 Å². The van der Waals surface area contributed by atoms with Gasteiger partial charge in [-0.1, -0.05) is 18.2 Å². The van der Waals surface area contributed by atoms with Crippen molar-refractivity contribution < 1.29 is 17.6 Å². The van der Waals surface area contributed by atoms with Gasteiger partial charge >= 0.3 is 0 Å². The van der Waals surface area contributed by atoms with Gasteiger partial charge in [-0.15, -0.1) is 0 Å². The smallest absolute Gasteiger partial charge is 0.235 e. The number of carbonyl (C=O) groups excluding carboxylic acids is 1. The zero-order valence-corrected chi connectivity index (χ0v) is 13.7. The van der Waals surface area contributed by atoms with E-state index in [2.05, 4.69) is 10.0 Å². The van der Waals surface area contributed by atoms with Gasteiger partial charge in [0.15, 0.2) is 0 Å². The molecule has 2 aromatic rings. The van der Waals surface area contributed by atoms with Crippen LogP contribution in [0.4, 0.5) is 0 Å². The molecule has 0 unspecified atom stereocenters. The minimum absolute atomic E-state index is 0.0457. The average Bonchev–Trinajstić information content (AvgIpc) is 3.28. The summed E-state index contributed by atoms with van der Waals surface area (Å²) in [5.41, 5.74) is 0.786. The molecule has 6 nitrogen and oxygen atoms in total. The van der Waals surface area contributed by atoms with Crippen molar-refractivity contribution >= 4 is 26.9 Å². The number of amides is 1. The van der Waals surface area contributed by atoms with Crippen LogP contribution < -0.4 is 10.0 Å². The second-order valence-corrected chi connectivity index (χ2v) is 7.89. The second kappa shape index (κ2) is 6.33. The number of hydrogen-bond donors (Lipinski definition) is 2. The van der Waals surface area contributed by atoms with Gasteiger partial charge in [0.25, 0.3) is 0 Å². The first-order valence-electron chi connectivity index (χ1n) is 7.73. The fourth-order valence-corrected chi connectivity index (χ4v) is 3.06. The highest BCUT2D eigenvalue weighted by molar-refractivity contribution is 7.89. The molecule has 1 heterocycles. The Morgan fingerprint density at radius 1 is 1.35 bits per heavy atom. The SMILES string of the molecule is CCS(=O)(=O)NCC(=O)N[C@@H](c1cc2ccccc2o1)C1CC1. The van der Waals surface area contributed by atoms with Gasteiger partial charge in [0.05, 0.1) is 18.3 Å². The number of rotatable bonds is 7. The summed E-state index contributed by atoms with van der Waals surface area (Å²) in [5, 5.41) is 3.89. The van der Waals surface area contributed by atoms with E-state index in [1.54, 1.807) is 0 Å². The van der Waals surface area contributed by atoms with Gasteiger partial charge in [0, 0.05) is 5.39 Å². The molecule has 1 aromatic carbocycles. The lowest BCUT2D eigenvalue weighted by Crippen LogP contribution is -2.39. The van der Waals surface area contributed by atoms with Gasteiger partial charge < -0.3 is 9.73 Å². The molecule has 23 heavy (non-hydrogen) atoms. The molecule has 1 saturated carbocycles. The molecule has 1 aromatic heterocycles. The number of furan rings is 1. The standard InChI is InChI=1S/C16H20N2O4S/c1-2-23(20,21)17-10-15(19)18-16(11-7-8-11)14-9-12-5-3-4-6-13(12)22-14/h3-6,9,11,16-17H,2,7-8,10H2,1H3,(H,18,19)/t16-/m1/s1. The van der Waals surface area contributed by atoms with Crippen molar-refractivity contribution in [1.29, 1.82) is 0 Å². The molecule has 124 valence electrons. The van der Waals surface area contributed by atoms with Crippen molar-refractivity contribution in [3.63, 3.8) is 0 Å². The van der Waals surface area contributed by atoms with Crippen LogP contribution in [0.1, 0.15) is 31.6 Å². The zero-order chi connectivity index (χ0) is 16.4. The minimum Gasteiger partial charge on any atom is -0.459 e. The van der Waals surface area contributed by atoms with Crippen LogP contribution in [-0.2, 0) is 14.8 Å². The largest absolute Gasteiger partial charge is 0.459 e. The molecule has 1 aliphatic carbocycles. The summed E-state index contributed by atoms with van der Waals surface area (Å²) in [6.07, 6.45) is 2.06. The van der Waals surface area contributed by atoms with Crippen LogP contribution in [0, 0.1) is 5.92 Å². The number of benzene rings is 1. The molecule has 1 aliphatic rings. The van der Waals surface area contributed by atoms with E-state index in [9.17, 15) is 13.2 Å². The molecule has 0 bridgehead atoms. The van der Waals surface area contributed by atoms with Crippen molar-refractivity contribution in [2.45, 2.75) is 25.8 Å². The van der Waals surface area contributed by atoms with Crippen LogP contribution in [0.5, 0.6) is 0 Å². The fraction of sp³-hybridized carbons (Fsp3) is 0.438. The minimum atomic E-state index is -3.37. The topological polar surface area (TPSA) is 88.4 Å². The van der Waals surface area contributed by atoms with Gasteiger partial charge in [-0.2, -0.15) is 0 Å². The quantitative estimate of drug-likeness (QED) is 0.809. The molecule has 7 heteroatoms. The highest BCUT2D eigenvalue weighted by atomic mass is 32.2. The molecule has 0 spiro atoms. The van der Waals surface area contributed by atoms with E-state index in [1.807, 2.05) is 30.3 Å². The van der Waals surface area contributed by atoms with Crippen LogP contribution in [0.25, 0.3) is 11.0 Å². The Labute approximate surface area is 135 Å². The number of sulfonamides is 1. The lowest BCUT2D eigenvalue weighted by atomic mass is 10.1. The molecule has 0 aliphatic heterocycles. The van der Waals surface area contributed by atoms with Crippen molar-refractivity contribution in [2.24, 2.45) is 5.92 Å². The molecular formula is C16H20N2O4S. The second-order valence-electron chi connectivity index (χ2n) is 5.79. The Morgan fingerprint density at radius 2 is 2.09 bits per heavy atom. The van der Waals surface area contributed by atoms with Gasteiger partial charge in [-0.05, 0) is 37.8 Å². The predicted octanol–water partition coefficient (Wildman–Crippen LogP) is 1.94. The highest BCUT2D eigenvalue weighted by Crippen LogP contribution is 2.42. The first-order valence-corrected chi connectivity index (χ1v) is 9.39. The maximum absolute atomic E-state index is 12.1. The summed E-state index contributed by atoms with van der Waals surface area (Å²) >= 11 is 0. The summed E-state index contributed by atoms with van der Waals surface area (Å²) in [5.74, 6) is 0.678. The van der Waals surface area contributed by atoms with E-state index >= 15 is 0 Å². The Kier molecular flexibility index (Phi) is 4.41. The third-order valence-corrected chi connectivity index (χ3v) is 5.34. The maximum Gasteiger partial charge on any atom is 0.235 e. The number of para-hydroxylation sites is 1. The molecule has 2 N–H and O–H groups in total. The van der Waals surface area contributed by atoms with Crippen LogP contribution in [-0.4, -0.2) is 26.6 Å². The van der Waals surface area contributed by atoms with Crippen molar-refractivity contribution in [2.75, 3.05) is 12.3 Å². The van der Waals surface area contributed by atoms with Crippen molar-refractivity contribution in [3.8, 4) is 0 Å². The Morgan fingerprint density at radius 3 is 2.74 bits per heavy atom. The fourth-order valence-electron chi connectivity index (χ4n) is 2.51. The van der Waals surface area contributed by atoms with Crippen LogP contribution in [0.3, 0.4) is 0 Å². The Hall–Kier alpha value is -1.86. The van der Waals surface area contributed by atoms with Crippen LogP contribution in [0.2, 0.25) is 0 Å². The molecule has 0 radical (unpaired) electrons. The first-order chi connectivity index (χ1) is 11.0. The maximum atomic E-state index is 12.1. The number of carbonyl (C=O) groups is 1. The monoisotopic (exact) mass is 336 g/mol. The van der Waals surface area contributed by atoms with E-state index < -0.39 is 10.0 Å². The summed E-state index contributed by atoms with van der Waals surface area (Å²) in [6, 6.07) is 9.42. The van der Waals surface area contributed by atoms with Crippen molar-refractivity contribution in [3.05, 3.63) is 36.1 Å². The zero-order valence-electron chi connectivity index (χ0n) is 12.9. The van der Waals surface area contributed by atoms with Crippen LogP contribution in [0.15, 0.2) is 34.7 Å². The third-order valence-electron chi connectivity index (χ3n) is 3.99. The number of nitrogens with one attached hydrogen (secondary N) is 2. The molecule has 1 amide bonds. The average molecular weight is 336 g/mol.